The highest BCUT2D eigenvalue weighted by molar-refractivity contribution is 7.92. The van der Waals surface area contributed by atoms with Gasteiger partial charge in [0.15, 0.2) is 9.84 Å². The molecule has 114 valence electrons. The van der Waals surface area contributed by atoms with Crippen LogP contribution < -0.4 is 0 Å². The summed E-state index contributed by atoms with van der Waals surface area (Å²) in [6.45, 7) is 8.55. The van der Waals surface area contributed by atoms with Crippen molar-refractivity contribution in [3.63, 3.8) is 0 Å². The van der Waals surface area contributed by atoms with Gasteiger partial charge in [-0.25, -0.2) is 13.4 Å². The molecule has 4 nitrogen and oxygen atoms in total. The molecule has 1 aliphatic rings. The predicted molar refractivity (Wildman–Crippen MR) is 83.8 cm³/mol. The van der Waals surface area contributed by atoms with Crippen molar-refractivity contribution >= 4 is 21.2 Å². The largest absolute Gasteiger partial charge is 0.297 e. The maximum Gasteiger partial charge on any atom is 0.154 e. The standard InChI is InChI=1S/C14H24N2O2S2/c1-11(2)8-14-15-9-13(19-14)10-16-5-4-12(3)20(17,18)7-6-16/h9,11-12H,4-8,10H2,1-3H3/t12-/m1/s1. The number of sulfone groups is 1. The van der Waals surface area contributed by atoms with Gasteiger partial charge >= 0.3 is 0 Å². The summed E-state index contributed by atoms with van der Waals surface area (Å²) < 4.78 is 23.8. The first kappa shape index (κ1) is 15.9. The normalized spacial score (nSPS) is 23.9. The Kier molecular flexibility index (Phi) is 5.20. The highest BCUT2D eigenvalue weighted by Gasteiger charge is 2.26. The van der Waals surface area contributed by atoms with Gasteiger partial charge < -0.3 is 0 Å². The number of rotatable bonds is 4. The molecule has 1 fully saturated rings. The van der Waals surface area contributed by atoms with Crippen LogP contribution >= 0.6 is 11.3 Å². The molecule has 0 aromatic carbocycles. The maximum atomic E-state index is 11.9. The molecular formula is C14H24N2O2S2. The number of thiazole rings is 1. The zero-order valence-corrected chi connectivity index (χ0v) is 14.1. The van der Waals surface area contributed by atoms with Gasteiger partial charge in [-0.1, -0.05) is 13.8 Å². The average Bonchev–Trinajstić information content (AvgIpc) is 2.73. The highest BCUT2D eigenvalue weighted by Crippen LogP contribution is 2.20. The molecule has 20 heavy (non-hydrogen) atoms. The lowest BCUT2D eigenvalue weighted by molar-refractivity contribution is 0.286. The SMILES string of the molecule is CC(C)Cc1ncc(CN2CC[C@@H](C)S(=O)(=O)CC2)s1. The van der Waals surface area contributed by atoms with E-state index in [4.69, 9.17) is 0 Å². The van der Waals surface area contributed by atoms with E-state index in [2.05, 4.69) is 23.7 Å². The maximum absolute atomic E-state index is 11.9. The van der Waals surface area contributed by atoms with E-state index in [0.717, 1.165) is 25.9 Å². The summed E-state index contributed by atoms with van der Waals surface area (Å²) in [6, 6.07) is 0. The molecule has 0 saturated carbocycles. The molecule has 1 aliphatic heterocycles. The first-order valence-corrected chi connectivity index (χ1v) is 9.77. The minimum atomic E-state index is -2.89. The van der Waals surface area contributed by atoms with Crippen molar-refractivity contribution in [2.45, 2.75) is 45.4 Å². The van der Waals surface area contributed by atoms with Crippen LogP contribution in [0.5, 0.6) is 0 Å². The minimum Gasteiger partial charge on any atom is -0.297 e. The van der Waals surface area contributed by atoms with Crippen LogP contribution in [-0.4, -0.2) is 42.4 Å². The second-order valence-corrected chi connectivity index (χ2v) is 9.80. The van der Waals surface area contributed by atoms with Gasteiger partial charge in [0.2, 0.25) is 0 Å². The van der Waals surface area contributed by atoms with Gasteiger partial charge in [0.05, 0.1) is 16.0 Å². The summed E-state index contributed by atoms with van der Waals surface area (Å²) in [7, 11) is -2.89. The molecule has 0 spiro atoms. The van der Waals surface area contributed by atoms with E-state index in [9.17, 15) is 8.42 Å². The molecule has 0 unspecified atom stereocenters. The number of nitrogens with zero attached hydrogens (tertiary/aromatic N) is 2. The fourth-order valence-corrected chi connectivity index (χ4v) is 4.91. The molecule has 1 atom stereocenters. The van der Waals surface area contributed by atoms with E-state index in [1.165, 1.54) is 9.88 Å². The van der Waals surface area contributed by atoms with Gasteiger partial charge in [-0.15, -0.1) is 11.3 Å². The lowest BCUT2D eigenvalue weighted by atomic mass is 10.1. The molecule has 2 rings (SSSR count). The first-order valence-electron chi connectivity index (χ1n) is 7.24. The van der Waals surface area contributed by atoms with Gasteiger partial charge in [0.25, 0.3) is 0 Å². The number of hydrogen-bond donors (Lipinski definition) is 0. The van der Waals surface area contributed by atoms with Gasteiger partial charge in [-0.2, -0.15) is 0 Å². The van der Waals surface area contributed by atoms with E-state index >= 15 is 0 Å². The zero-order chi connectivity index (χ0) is 14.8. The Labute approximate surface area is 126 Å². The van der Waals surface area contributed by atoms with Gasteiger partial charge in [-0.3, -0.25) is 4.90 Å². The van der Waals surface area contributed by atoms with Gasteiger partial charge in [0.1, 0.15) is 0 Å². The number of aromatic nitrogens is 1. The fourth-order valence-electron chi connectivity index (χ4n) is 2.36. The second-order valence-electron chi connectivity index (χ2n) is 6.06. The second kappa shape index (κ2) is 6.54. The molecule has 6 heteroatoms. The predicted octanol–water partition coefficient (Wildman–Crippen LogP) is 2.35. The monoisotopic (exact) mass is 316 g/mol. The summed E-state index contributed by atoms with van der Waals surface area (Å²) in [6.07, 6.45) is 3.71. The lowest BCUT2D eigenvalue weighted by Gasteiger charge is -2.17. The smallest absolute Gasteiger partial charge is 0.154 e. The zero-order valence-electron chi connectivity index (χ0n) is 12.5. The van der Waals surface area contributed by atoms with Crippen LogP contribution in [0.3, 0.4) is 0 Å². The molecular weight excluding hydrogens is 292 g/mol. The summed E-state index contributed by atoms with van der Waals surface area (Å²) >= 11 is 1.76. The van der Waals surface area contributed by atoms with Crippen molar-refractivity contribution in [2.24, 2.45) is 5.92 Å². The van der Waals surface area contributed by atoms with E-state index in [1.807, 2.05) is 13.1 Å². The molecule has 1 aromatic rings. The molecule has 0 N–H and O–H groups in total. The Bertz CT molecular complexity index is 537. The molecule has 0 bridgehead atoms. The topological polar surface area (TPSA) is 50.3 Å². The summed E-state index contributed by atoms with van der Waals surface area (Å²) in [5, 5.41) is 0.983. The Morgan fingerprint density at radius 1 is 1.45 bits per heavy atom. The Morgan fingerprint density at radius 3 is 2.90 bits per heavy atom. The molecule has 1 aromatic heterocycles. The van der Waals surface area contributed by atoms with Crippen molar-refractivity contribution in [1.82, 2.24) is 9.88 Å². The Morgan fingerprint density at radius 2 is 2.20 bits per heavy atom. The summed E-state index contributed by atoms with van der Waals surface area (Å²) in [5.41, 5.74) is 0. The van der Waals surface area contributed by atoms with Gasteiger partial charge in [-0.05, 0) is 25.8 Å². The van der Waals surface area contributed by atoms with Crippen molar-refractivity contribution in [3.05, 3.63) is 16.1 Å². The lowest BCUT2D eigenvalue weighted by Crippen LogP contribution is -2.26. The van der Waals surface area contributed by atoms with Crippen molar-refractivity contribution in [3.8, 4) is 0 Å². The van der Waals surface area contributed by atoms with Crippen LogP contribution in [0.1, 0.15) is 37.1 Å². The number of hydrogen-bond acceptors (Lipinski definition) is 5. The summed E-state index contributed by atoms with van der Waals surface area (Å²) in [4.78, 5) is 7.95. The van der Waals surface area contributed by atoms with Crippen LogP contribution in [0.2, 0.25) is 0 Å². The van der Waals surface area contributed by atoms with Crippen LogP contribution in [0.25, 0.3) is 0 Å². The Balaban J connectivity index is 1.95. The minimum absolute atomic E-state index is 0.203. The molecule has 0 aliphatic carbocycles. The highest BCUT2D eigenvalue weighted by atomic mass is 32.2. The van der Waals surface area contributed by atoms with E-state index in [1.54, 1.807) is 11.3 Å². The van der Waals surface area contributed by atoms with Crippen LogP contribution in [-0.2, 0) is 22.8 Å². The third-order valence-electron chi connectivity index (χ3n) is 3.72. The Hall–Kier alpha value is -0.460. The van der Waals surface area contributed by atoms with E-state index < -0.39 is 9.84 Å². The van der Waals surface area contributed by atoms with Crippen molar-refractivity contribution in [1.29, 1.82) is 0 Å². The summed E-state index contributed by atoms with van der Waals surface area (Å²) in [5.74, 6) is 0.907. The first-order chi connectivity index (χ1) is 9.37. The van der Waals surface area contributed by atoms with E-state index in [-0.39, 0.29) is 11.0 Å². The third-order valence-corrected chi connectivity index (χ3v) is 6.94. The molecule has 0 radical (unpaired) electrons. The van der Waals surface area contributed by atoms with Gasteiger partial charge in [0, 0.05) is 30.6 Å². The van der Waals surface area contributed by atoms with Crippen LogP contribution in [0, 0.1) is 5.92 Å². The molecule has 1 saturated heterocycles. The van der Waals surface area contributed by atoms with Crippen molar-refractivity contribution in [2.75, 3.05) is 18.8 Å². The van der Waals surface area contributed by atoms with Crippen LogP contribution in [0.4, 0.5) is 0 Å². The molecule has 0 amide bonds. The fraction of sp³-hybridized carbons (Fsp3) is 0.786. The quantitative estimate of drug-likeness (QED) is 0.855. The third kappa shape index (κ3) is 4.27. The van der Waals surface area contributed by atoms with Crippen LogP contribution in [0.15, 0.2) is 6.20 Å². The average molecular weight is 316 g/mol. The van der Waals surface area contributed by atoms with E-state index in [0.29, 0.717) is 12.5 Å². The molecule has 2 heterocycles. The van der Waals surface area contributed by atoms with Crippen molar-refractivity contribution < 1.29 is 8.42 Å².